The lowest BCUT2D eigenvalue weighted by Crippen LogP contribution is -2.29. The Morgan fingerprint density at radius 1 is 1.12 bits per heavy atom. The van der Waals surface area contributed by atoms with Crippen molar-refractivity contribution < 1.29 is 23.7 Å². The van der Waals surface area contributed by atoms with Crippen molar-refractivity contribution in [2.24, 2.45) is 0 Å². The van der Waals surface area contributed by atoms with Crippen molar-refractivity contribution in [2.45, 2.75) is 32.0 Å². The van der Waals surface area contributed by atoms with Gasteiger partial charge in [0.05, 0.1) is 38.3 Å². The highest BCUT2D eigenvalue weighted by Gasteiger charge is 2.33. The number of benzene rings is 2. The van der Waals surface area contributed by atoms with E-state index in [1.807, 2.05) is 31.2 Å². The predicted molar refractivity (Wildman–Crippen MR) is 103 cm³/mol. The number of fused-ring (bicyclic) bond motifs is 1. The molecule has 1 heterocycles. The molecule has 1 aliphatic rings. The molecule has 0 aromatic heterocycles. The van der Waals surface area contributed by atoms with Gasteiger partial charge in [-0.05, 0) is 29.3 Å². The standard InChI is InChI=1S/C20H23BrO5/c1-20(25-10-11-26-20)12-13(22)8-9-16-17(21)19(24-3)15-7-5-4-6-14(15)18(16)23-2/h4-7H,8-12H2,1-3H3. The van der Waals surface area contributed by atoms with Gasteiger partial charge in [-0.2, -0.15) is 0 Å². The summed E-state index contributed by atoms with van der Waals surface area (Å²) >= 11 is 3.64. The van der Waals surface area contributed by atoms with Crippen LogP contribution in [0.4, 0.5) is 0 Å². The zero-order valence-corrected chi connectivity index (χ0v) is 16.9. The van der Waals surface area contributed by atoms with Crippen LogP contribution < -0.4 is 9.47 Å². The molecule has 0 unspecified atom stereocenters. The smallest absolute Gasteiger partial charge is 0.172 e. The number of hydrogen-bond donors (Lipinski definition) is 0. The first kappa shape index (κ1) is 19.1. The monoisotopic (exact) mass is 422 g/mol. The molecule has 0 aliphatic carbocycles. The summed E-state index contributed by atoms with van der Waals surface area (Å²) in [5.74, 6) is 0.814. The topological polar surface area (TPSA) is 54.0 Å². The van der Waals surface area contributed by atoms with E-state index in [9.17, 15) is 4.79 Å². The molecule has 0 atom stereocenters. The molecule has 0 radical (unpaired) electrons. The van der Waals surface area contributed by atoms with Crippen LogP contribution in [0.3, 0.4) is 0 Å². The highest BCUT2D eigenvalue weighted by Crippen LogP contribution is 2.44. The van der Waals surface area contributed by atoms with Gasteiger partial charge in [-0.15, -0.1) is 0 Å². The maximum absolute atomic E-state index is 12.5. The molecule has 0 bridgehead atoms. The van der Waals surface area contributed by atoms with E-state index < -0.39 is 5.79 Å². The molecule has 1 aliphatic heterocycles. The van der Waals surface area contributed by atoms with Crippen LogP contribution in [0.5, 0.6) is 11.5 Å². The normalized spacial score (nSPS) is 16.0. The average Bonchev–Trinajstić information content (AvgIpc) is 3.05. The Labute approximate surface area is 161 Å². The van der Waals surface area contributed by atoms with Crippen LogP contribution >= 0.6 is 15.9 Å². The fourth-order valence-corrected chi connectivity index (χ4v) is 4.18. The Bertz CT molecular complexity index is 811. The molecule has 0 N–H and O–H groups in total. The predicted octanol–water partition coefficient (Wildman–Crippen LogP) is 4.27. The molecular formula is C20H23BrO5. The Kier molecular flexibility index (Phi) is 5.85. The summed E-state index contributed by atoms with van der Waals surface area (Å²) in [5.41, 5.74) is 0.926. The van der Waals surface area contributed by atoms with E-state index in [0.717, 1.165) is 32.3 Å². The second-order valence-electron chi connectivity index (χ2n) is 6.45. The van der Waals surface area contributed by atoms with Crippen molar-refractivity contribution >= 4 is 32.5 Å². The zero-order chi connectivity index (χ0) is 18.7. The van der Waals surface area contributed by atoms with Crippen LogP contribution in [-0.2, 0) is 20.7 Å². The number of methoxy groups -OCH3 is 2. The summed E-state index contributed by atoms with van der Waals surface area (Å²) in [6, 6.07) is 7.91. The molecule has 1 saturated heterocycles. The number of ether oxygens (including phenoxy) is 4. The van der Waals surface area contributed by atoms with Gasteiger partial charge in [-0.1, -0.05) is 24.3 Å². The van der Waals surface area contributed by atoms with Gasteiger partial charge in [0.2, 0.25) is 0 Å². The van der Waals surface area contributed by atoms with Crippen molar-refractivity contribution in [3.8, 4) is 11.5 Å². The molecular weight excluding hydrogens is 400 g/mol. The van der Waals surface area contributed by atoms with E-state index in [1.54, 1.807) is 14.2 Å². The second kappa shape index (κ2) is 7.94. The minimum atomic E-state index is -0.792. The number of hydrogen-bond acceptors (Lipinski definition) is 5. The first-order valence-electron chi connectivity index (χ1n) is 8.60. The van der Waals surface area contributed by atoms with Crippen molar-refractivity contribution in [3.05, 3.63) is 34.3 Å². The van der Waals surface area contributed by atoms with E-state index in [2.05, 4.69) is 15.9 Å². The zero-order valence-electron chi connectivity index (χ0n) is 15.3. The van der Waals surface area contributed by atoms with E-state index in [1.165, 1.54) is 0 Å². The van der Waals surface area contributed by atoms with E-state index in [0.29, 0.717) is 26.1 Å². The average molecular weight is 423 g/mol. The highest BCUT2D eigenvalue weighted by molar-refractivity contribution is 9.10. The molecule has 0 saturated carbocycles. The molecule has 0 amide bonds. The molecule has 2 aromatic rings. The second-order valence-corrected chi connectivity index (χ2v) is 7.24. The van der Waals surface area contributed by atoms with Gasteiger partial charge in [0.1, 0.15) is 17.3 Å². The third kappa shape index (κ3) is 3.72. The fourth-order valence-electron chi connectivity index (χ4n) is 3.42. The van der Waals surface area contributed by atoms with Crippen LogP contribution in [0, 0.1) is 0 Å². The first-order chi connectivity index (χ1) is 12.5. The lowest BCUT2D eigenvalue weighted by Gasteiger charge is -2.21. The van der Waals surface area contributed by atoms with Gasteiger partial charge in [-0.25, -0.2) is 0 Å². The molecule has 2 aromatic carbocycles. The van der Waals surface area contributed by atoms with Gasteiger partial charge in [0, 0.05) is 22.8 Å². The molecule has 6 heteroatoms. The van der Waals surface area contributed by atoms with Crippen LogP contribution in [0.25, 0.3) is 10.8 Å². The number of rotatable bonds is 7. The fraction of sp³-hybridized carbons (Fsp3) is 0.450. The molecule has 1 fully saturated rings. The Morgan fingerprint density at radius 2 is 1.69 bits per heavy atom. The van der Waals surface area contributed by atoms with E-state index >= 15 is 0 Å². The Balaban J connectivity index is 1.87. The minimum absolute atomic E-state index is 0.0930. The number of carbonyl (C=O) groups is 1. The van der Waals surface area contributed by atoms with E-state index in [-0.39, 0.29) is 12.2 Å². The maximum atomic E-state index is 12.5. The van der Waals surface area contributed by atoms with Crippen molar-refractivity contribution in [3.63, 3.8) is 0 Å². The minimum Gasteiger partial charge on any atom is -0.496 e. The van der Waals surface area contributed by atoms with E-state index in [4.69, 9.17) is 18.9 Å². The van der Waals surface area contributed by atoms with Crippen LogP contribution in [-0.4, -0.2) is 39.0 Å². The lowest BCUT2D eigenvalue weighted by atomic mass is 9.98. The lowest BCUT2D eigenvalue weighted by molar-refractivity contribution is -0.158. The van der Waals surface area contributed by atoms with Crippen molar-refractivity contribution in [1.29, 1.82) is 0 Å². The summed E-state index contributed by atoms with van der Waals surface area (Å²) < 4.78 is 23.2. The third-order valence-corrected chi connectivity index (χ3v) is 5.47. The quantitative estimate of drug-likeness (QED) is 0.666. The molecule has 3 rings (SSSR count). The molecule has 0 spiro atoms. The van der Waals surface area contributed by atoms with Crippen LogP contribution in [0.1, 0.15) is 25.3 Å². The number of carbonyl (C=O) groups excluding carboxylic acids is 1. The highest BCUT2D eigenvalue weighted by atomic mass is 79.9. The van der Waals surface area contributed by atoms with Gasteiger partial charge >= 0.3 is 0 Å². The summed E-state index contributed by atoms with van der Waals surface area (Å²) in [6.07, 6.45) is 1.16. The SMILES string of the molecule is COc1c(Br)c(CCC(=O)CC2(C)OCCO2)c(OC)c2ccccc12. The van der Waals surface area contributed by atoms with Crippen LogP contribution in [0.2, 0.25) is 0 Å². The molecule has 140 valence electrons. The summed E-state index contributed by atoms with van der Waals surface area (Å²) in [6.45, 7) is 2.88. The van der Waals surface area contributed by atoms with Crippen molar-refractivity contribution in [1.82, 2.24) is 0 Å². The first-order valence-corrected chi connectivity index (χ1v) is 9.39. The van der Waals surface area contributed by atoms with Gasteiger partial charge in [0.25, 0.3) is 0 Å². The molecule has 5 nitrogen and oxygen atoms in total. The van der Waals surface area contributed by atoms with Gasteiger partial charge < -0.3 is 18.9 Å². The number of ketones is 1. The Hall–Kier alpha value is -1.63. The largest absolute Gasteiger partial charge is 0.496 e. The van der Waals surface area contributed by atoms with Crippen LogP contribution in [0.15, 0.2) is 28.7 Å². The number of halogens is 1. The van der Waals surface area contributed by atoms with Crippen molar-refractivity contribution in [2.75, 3.05) is 27.4 Å². The molecule has 26 heavy (non-hydrogen) atoms. The summed E-state index contributed by atoms with van der Waals surface area (Å²) in [4.78, 5) is 12.5. The summed E-state index contributed by atoms with van der Waals surface area (Å²) in [5, 5.41) is 1.93. The number of Topliss-reactive ketones (excluding diaryl/α,β-unsaturated/α-hetero) is 1. The third-order valence-electron chi connectivity index (χ3n) is 4.63. The van der Waals surface area contributed by atoms with Gasteiger partial charge in [0.15, 0.2) is 5.79 Å². The summed E-state index contributed by atoms with van der Waals surface area (Å²) in [7, 11) is 3.29. The maximum Gasteiger partial charge on any atom is 0.172 e. The van der Waals surface area contributed by atoms with Gasteiger partial charge in [-0.3, -0.25) is 4.79 Å². The Morgan fingerprint density at radius 3 is 2.27 bits per heavy atom.